The van der Waals surface area contributed by atoms with Crippen molar-refractivity contribution in [3.8, 4) is 0 Å². The largest absolute Gasteiger partial charge is 0.326 e. The van der Waals surface area contributed by atoms with Gasteiger partial charge in [-0.25, -0.2) is 0 Å². The van der Waals surface area contributed by atoms with E-state index in [1.807, 2.05) is 39.8 Å². The molecule has 0 atom stereocenters. The fraction of sp³-hybridized carbons (Fsp3) is 0.481. The molecule has 0 saturated carbocycles. The van der Waals surface area contributed by atoms with Crippen molar-refractivity contribution in [2.45, 2.75) is 61.8 Å². The van der Waals surface area contributed by atoms with Gasteiger partial charge in [-0.3, -0.25) is 9.59 Å². The van der Waals surface area contributed by atoms with Gasteiger partial charge in [0.15, 0.2) is 5.78 Å². The number of benzene rings is 2. The quantitative estimate of drug-likeness (QED) is 0.341. The zero-order valence-corrected chi connectivity index (χ0v) is 21.5. The van der Waals surface area contributed by atoms with E-state index in [0.29, 0.717) is 13.0 Å². The number of hydrogen-bond donors (Lipinski definition) is 1. The van der Waals surface area contributed by atoms with Crippen LogP contribution in [0, 0.1) is 27.7 Å². The standard InChI is InChI=1S/C27H38N4O2/c1-9-31(10-2,11-3)17-25(33)16-23-12-18(4)26(19(5)13-23)29-30-27-20(6)14-24(15-21(27)7)28-22(8)32/h12-15H,9-11,16-17H2,1-8H3/p+1. The molecule has 0 heterocycles. The topological polar surface area (TPSA) is 70.9 Å². The molecule has 1 amide bonds. The molecule has 0 aromatic heterocycles. The molecule has 2 aromatic carbocycles. The summed E-state index contributed by atoms with van der Waals surface area (Å²) in [6.45, 7) is 19.4. The van der Waals surface area contributed by atoms with Gasteiger partial charge in [0.2, 0.25) is 5.91 Å². The number of nitrogens with zero attached hydrogens (tertiary/aromatic N) is 3. The number of aryl methyl sites for hydroxylation is 4. The number of nitrogens with one attached hydrogen (secondary N) is 1. The van der Waals surface area contributed by atoms with Gasteiger partial charge in [-0.05, 0) is 88.4 Å². The number of anilines is 1. The smallest absolute Gasteiger partial charge is 0.221 e. The van der Waals surface area contributed by atoms with Gasteiger partial charge in [0.1, 0.15) is 6.54 Å². The summed E-state index contributed by atoms with van der Waals surface area (Å²) in [5.74, 6) is 0.177. The number of quaternary nitrogens is 1. The average molecular weight is 452 g/mol. The molecule has 1 N–H and O–H groups in total. The molecular weight excluding hydrogens is 412 g/mol. The van der Waals surface area contributed by atoms with Crippen LogP contribution in [0.1, 0.15) is 55.5 Å². The Hall–Kier alpha value is -2.86. The van der Waals surface area contributed by atoms with Gasteiger partial charge in [-0.1, -0.05) is 12.1 Å². The van der Waals surface area contributed by atoms with Gasteiger partial charge in [-0.15, -0.1) is 10.2 Å². The van der Waals surface area contributed by atoms with E-state index in [-0.39, 0.29) is 11.7 Å². The normalized spacial score (nSPS) is 11.8. The van der Waals surface area contributed by atoms with Crippen LogP contribution in [0.2, 0.25) is 0 Å². The van der Waals surface area contributed by atoms with Gasteiger partial charge < -0.3 is 9.80 Å². The fourth-order valence-corrected chi connectivity index (χ4v) is 4.46. The summed E-state index contributed by atoms with van der Waals surface area (Å²) in [4.78, 5) is 24.1. The van der Waals surface area contributed by atoms with Gasteiger partial charge >= 0.3 is 0 Å². The van der Waals surface area contributed by atoms with Crippen molar-refractivity contribution in [3.05, 3.63) is 52.1 Å². The Morgan fingerprint density at radius 2 is 1.21 bits per heavy atom. The van der Waals surface area contributed by atoms with E-state index >= 15 is 0 Å². The molecule has 6 heteroatoms. The highest BCUT2D eigenvalue weighted by molar-refractivity contribution is 5.89. The minimum Gasteiger partial charge on any atom is -0.326 e. The maximum Gasteiger partial charge on any atom is 0.221 e. The van der Waals surface area contributed by atoms with Gasteiger partial charge in [0, 0.05) is 19.0 Å². The van der Waals surface area contributed by atoms with E-state index in [2.05, 4.69) is 48.4 Å². The summed E-state index contributed by atoms with van der Waals surface area (Å²) < 4.78 is 0.836. The summed E-state index contributed by atoms with van der Waals surface area (Å²) in [5.41, 5.74) is 7.33. The molecule has 0 saturated heterocycles. The number of Topliss-reactive ketones (excluding diaryl/α,β-unsaturated/α-hetero) is 1. The number of carbonyl (C=O) groups is 2. The molecule has 0 bridgehead atoms. The van der Waals surface area contributed by atoms with Gasteiger partial charge in [0.05, 0.1) is 31.0 Å². The summed E-state index contributed by atoms with van der Waals surface area (Å²) in [6, 6.07) is 7.91. The van der Waals surface area contributed by atoms with Crippen LogP contribution < -0.4 is 5.32 Å². The van der Waals surface area contributed by atoms with Crippen LogP contribution in [0.25, 0.3) is 0 Å². The first-order valence-electron chi connectivity index (χ1n) is 11.8. The Bertz CT molecular complexity index is 998. The second kappa shape index (κ2) is 11.3. The van der Waals surface area contributed by atoms with Crippen molar-refractivity contribution in [3.63, 3.8) is 0 Å². The highest BCUT2D eigenvalue weighted by atomic mass is 16.1. The first-order valence-corrected chi connectivity index (χ1v) is 11.8. The first-order chi connectivity index (χ1) is 15.5. The van der Waals surface area contributed by atoms with Crippen molar-refractivity contribution in [2.24, 2.45) is 10.2 Å². The van der Waals surface area contributed by atoms with Crippen LogP contribution in [-0.2, 0) is 16.0 Å². The third kappa shape index (κ3) is 6.81. The molecule has 2 rings (SSSR count). The lowest BCUT2D eigenvalue weighted by atomic mass is 10.0. The second-order valence-corrected chi connectivity index (χ2v) is 9.08. The van der Waals surface area contributed by atoms with E-state index in [1.165, 1.54) is 6.92 Å². The lowest BCUT2D eigenvalue weighted by Gasteiger charge is -2.35. The van der Waals surface area contributed by atoms with Crippen molar-refractivity contribution in [1.82, 2.24) is 0 Å². The van der Waals surface area contributed by atoms with Crippen LogP contribution in [0.4, 0.5) is 17.1 Å². The zero-order valence-electron chi connectivity index (χ0n) is 21.5. The number of carbonyl (C=O) groups excluding carboxylic acids is 2. The lowest BCUT2D eigenvalue weighted by molar-refractivity contribution is -0.915. The van der Waals surface area contributed by atoms with Crippen LogP contribution in [-0.4, -0.2) is 42.4 Å². The molecule has 0 fully saturated rings. The molecule has 0 unspecified atom stereocenters. The van der Waals surface area contributed by atoms with Crippen molar-refractivity contribution in [1.29, 1.82) is 0 Å². The highest BCUT2D eigenvalue weighted by Gasteiger charge is 2.24. The number of hydrogen-bond acceptors (Lipinski definition) is 4. The number of ketones is 1. The van der Waals surface area contributed by atoms with E-state index in [9.17, 15) is 9.59 Å². The number of rotatable bonds is 10. The number of likely N-dealkylation sites (N-methyl/N-ethyl adjacent to an activating group) is 1. The predicted molar refractivity (Wildman–Crippen MR) is 136 cm³/mol. The molecule has 0 radical (unpaired) electrons. The van der Waals surface area contributed by atoms with Crippen LogP contribution in [0.3, 0.4) is 0 Å². The SMILES string of the molecule is CC[N+](CC)(CC)CC(=O)Cc1cc(C)c(N=Nc2c(C)cc(NC(C)=O)cc2C)c(C)c1. The molecule has 0 aliphatic carbocycles. The van der Waals surface area contributed by atoms with Crippen molar-refractivity contribution >= 4 is 28.8 Å². The summed E-state index contributed by atoms with van der Waals surface area (Å²) in [5, 5.41) is 11.9. The lowest BCUT2D eigenvalue weighted by Crippen LogP contribution is -2.51. The van der Waals surface area contributed by atoms with E-state index in [0.717, 1.165) is 69.0 Å². The maximum absolute atomic E-state index is 12.8. The van der Waals surface area contributed by atoms with Gasteiger partial charge in [-0.2, -0.15) is 0 Å². The van der Waals surface area contributed by atoms with E-state index in [1.54, 1.807) is 0 Å². The number of azo groups is 1. The number of amides is 1. The zero-order chi connectivity index (χ0) is 24.8. The molecule has 0 spiro atoms. The Morgan fingerprint density at radius 3 is 1.61 bits per heavy atom. The Labute approximate surface area is 198 Å². The van der Waals surface area contributed by atoms with Crippen LogP contribution in [0.15, 0.2) is 34.5 Å². The Kier molecular flexibility index (Phi) is 9.06. The monoisotopic (exact) mass is 451 g/mol. The third-order valence-electron chi connectivity index (χ3n) is 6.54. The third-order valence-corrected chi connectivity index (χ3v) is 6.54. The molecule has 0 aliphatic rings. The molecule has 178 valence electrons. The van der Waals surface area contributed by atoms with E-state index < -0.39 is 0 Å². The molecule has 2 aromatic rings. The van der Waals surface area contributed by atoms with Crippen LogP contribution in [0.5, 0.6) is 0 Å². The molecule has 33 heavy (non-hydrogen) atoms. The summed E-state index contributed by atoms with van der Waals surface area (Å²) in [6.07, 6.45) is 0.446. The maximum atomic E-state index is 12.8. The van der Waals surface area contributed by atoms with Crippen LogP contribution >= 0.6 is 0 Å². The fourth-order valence-electron chi connectivity index (χ4n) is 4.46. The second-order valence-electron chi connectivity index (χ2n) is 9.08. The molecule has 0 aliphatic heterocycles. The predicted octanol–water partition coefficient (Wildman–Crippen LogP) is 6.28. The highest BCUT2D eigenvalue weighted by Crippen LogP contribution is 2.32. The minimum atomic E-state index is -0.100. The molecule has 6 nitrogen and oxygen atoms in total. The summed E-state index contributed by atoms with van der Waals surface area (Å²) >= 11 is 0. The Balaban J connectivity index is 2.23. The molecular formula is C27H39N4O2+. The van der Waals surface area contributed by atoms with Gasteiger partial charge in [0.25, 0.3) is 0 Å². The van der Waals surface area contributed by atoms with E-state index in [4.69, 9.17) is 0 Å². The average Bonchev–Trinajstić information content (AvgIpc) is 2.72. The van der Waals surface area contributed by atoms with Crippen molar-refractivity contribution < 1.29 is 14.1 Å². The summed E-state index contributed by atoms with van der Waals surface area (Å²) in [7, 11) is 0. The minimum absolute atomic E-state index is 0.100. The Morgan fingerprint density at radius 1 is 0.788 bits per heavy atom. The van der Waals surface area contributed by atoms with Crippen molar-refractivity contribution in [2.75, 3.05) is 31.5 Å². The first kappa shape index (κ1) is 26.4.